The van der Waals surface area contributed by atoms with Gasteiger partial charge >= 0.3 is 5.97 Å². The van der Waals surface area contributed by atoms with Crippen LogP contribution in [0.3, 0.4) is 0 Å². The van der Waals surface area contributed by atoms with Crippen LogP contribution in [0.2, 0.25) is 5.02 Å². The SMILES string of the molecule is Cc1cc(C(=O)OCC(=O)N(C)Cc2ccc(Cl)cc2)c(C)n1C1CC1. The molecule has 0 spiro atoms. The fourth-order valence-electron chi connectivity index (χ4n) is 3.15. The molecule has 0 saturated heterocycles. The molecule has 5 nitrogen and oxygen atoms in total. The Kier molecular flexibility index (Phi) is 5.37. The fraction of sp³-hybridized carbons (Fsp3) is 0.400. The largest absolute Gasteiger partial charge is 0.452 e. The Bertz CT molecular complexity index is 822. The van der Waals surface area contributed by atoms with E-state index in [1.165, 1.54) is 4.90 Å². The quantitative estimate of drug-likeness (QED) is 0.720. The van der Waals surface area contributed by atoms with Crippen LogP contribution in [-0.2, 0) is 16.1 Å². The Morgan fingerprint density at radius 2 is 1.88 bits per heavy atom. The first kappa shape index (κ1) is 18.5. The van der Waals surface area contributed by atoms with E-state index in [1.807, 2.05) is 32.0 Å². The number of nitrogens with zero attached hydrogens (tertiary/aromatic N) is 2. The maximum Gasteiger partial charge on any atom is 0.340 e. The molecule has 0 atom stereocenters. The molecule has 1 saturated carbocycles. The number of esters is 1. The summed E-state index contributed by atoms with van der Waals surface area (Å²) in [5.74, 6) is -0.692. The highest BCUT2D eigenvalue weighted by atomic mass is 35.5. The number of aromatic nitrogens is 1. The highest BCUT2D eigenvalue weighted by Crippen LogP contribution is 2.38. The molecule has 0 bridgehead atoms. The number of rotatable bonds is 6. The van der Waals surface area contributed by atoms with Gasteiger partial charge in [0.25, 0.3) is 5.91 Å². The molecular formula is C20H23ClN2O3. The van der Waals surface area contributed by atoms with E-state index in [2.05, 4.69) is 4.57 Å². The monoisotopic (exact) mass is 374 g/mol. The number of halogens is 1. The van der Waals surface area contributed by atoms with Crippen LogP contribution in [0, 0.1) is 13.8 Å². The van der Waals surface area contributed by atoms with Crippen molar-refractivity contribution >= 4 is 23.5 Å². The summed E-state index contributed by atoms with van der Waals surface area (Å²) in [6.07, 6.45) is 2.30. The summed E-state index contributed by atoms with van der Waals surface area (Å²) in [7, 11) is 1.68. The number of carbonyl (C=O) groups is 2. The zero-order chi connectivity index (χ0) is 18.8. The van der Waals surface area contributed by atoms with Crippen LogP contribution in [0.15, 0.2) is 30.3 Å². The van der Waals surface area contributed by atoms with Gasteiger partial charge in [-0.15, -0.1) is 0 Å². The van der Waals surface area contributed by atoms with E-state index in [9.17, 15) is 9.59 Å². The molecule has 1 aromatic heterocycles. The van der Waals surface area contributed by atoms with Crippen LogP contribution in [-0.4, -0.2) is 35.0 Å². The second-order valence-electron chi connectivity index (χ2n) is 6.84. The van der Waals surface area contributed by atoms with E-state index in [1.54, 1.807) is 19.2 Å². The molecule has 1 fully saturated rings. The first-order valence-corrected chi connectivity index (χ1v) is 9.08. The van der Waals surface area contributed by atoms with Gasteiger partial charge in [-0.25, -0.2) is 4.79 Å². The van der Waals surface area contributed by atoms with Gasteiger partial charge in [0.1, 0.15) is 0 Å². The third-order valence-corrected chi connectivity index (χ3v) is 4.95. The minimum atomic E-state index is -0.446. The summed E-state index contributed by atoms with van der Waals surface area (Å²) in [5, 5.41) is 0.653. The van der Waals surface area contributed by atoms with Crippen LogP contribution in [0.5, 0.6) is 0 Å². The average Bonchev–Trinajstić information content (AvgIpc) is 3.39. The molecular weight excluding hydrogens is 352 g/mol. The van der Waals surface area contributed by atoms with Gasteiger partial charge in [-0.1, -0.05) is 23.7 Å². The summed E-state index contributed by atoms with van der Waals surface area (Å²) < 4.78 is 7.44. The Morgan fingerprint density at radius 3 is 2.50 bits per heavy atom. The minimum absolute atomic E-state index is 0.246. The molecule has 1 amide bonds. The van der Waals surface area contributed by atoms with E-state index in [-0.39, 0.29) is 12.5 Å². The molecule has 0 N–H and O–H groups in total. The average molecular weight is 375 g/mol. The highest BCUT2D eigenvalue weighted by Gasteiger charge is 2.29. The number of hydrogen-bond acceptors (Lipinski definition) is 3. The molecule has 1 aromatic carbocycles. The van der Waals surface area contributed by atoms with Gasteiger partial charge in [0, 0.05) is 36.0 Å². The molecule has 0 radical (unpaired) electrons. The van der Waals surface area contributed by atoms with Gasteiger partial charge in [-0.3, -0.25) is 4.79 Å². The minimum Gasteiger partial charge on any atom is -0.452 e. The van der Waals surface area contributed by atoms with Crippen molar-refractivity contribution < 1.29 is 14.3 Å². The zero-order valence-corrected chi connectivity index (χ0v) is 16.0. The lowest BCUT2D eigenvalue weighted by molar-refractivity contribution is -0.133. The van der Waals surface area contributed by atoms with Crippen molar-refractivity contribution in [2.24, 2.45) is 0 Å². The van der Waals surface area contributed by atoms with E-state index in [4.69, 9.17) is 16.3 Å². The Hall–Kier alpha value is -2.27. The molecule has 1 aliphatic carbocycles. The Labute approximate surface area is 158 Å². The number of benzene rings is 1. The maximum absolute atomic E-state index is 12.4. The number of carbonyl (C=O) groups excluding carboxylic acids is 2. The van der Waals surface area contributed by atoms with Crippen LogP contribution in [0.25, 0.3) is 0 Å². The molecule has 138 valence electrons. The molecule has 1 aliphatic rings. The summed E-state index contributed by atoms with van der Waals surface area (Å²) >= 11 is 5.86. The topological polar surface area (TPSA) is 51.5 Å². The molecule has 26 heavy (non-hydrogen) atoms. The lowest BCUT2D eigenvalue weighted by atomic mass is 10.2. The number of hydrogen-bond donors (Lipinski definition) is 0. The summed E-state index contributed by atoms with van der Waals surface area (Å²) in [6.45, 7) is 4.09. The lowest BCUT2D eigenvalue weighted by Gasteiger charge is -2.17. The summed E-state index contributed by atoms with van der Waals surface area (Å²) in [5.41, 5.74) is 3.48. The van der Waals surface area contributed by atoms with Crippen molar-refractivity contribution in [2.45, 2.75) is 39.3 Å². The molecule has 1 heterocycles. The molecule has 2 aromatic rings. The normalized spacial score (nSPS) is 13.5. The van der Waals surface area contributed by atoms with Crippen molar-refractivity contribution in [1.82, 2.24) is 9.47 Å². The third-order valence-electron chi connectivity index (χ3n) is 4.70. The van der Waals surface area contributed by atoms with Gasteiger partial charge in [-0.2, -0.15) is 0 Å². The molecule has 0 aliphatic heterocycles. The van der Waals surface area contributed by atoms with Crippen LogP contribution in [0.4, 0.5) is 0 Å². The number of aryl methyl sites for hydroxylation is 1. The number of amides is 1. The summed E-state index contributed by atoms with van der Waals surface area (Å²) in [6, 6.07) is 9.65. The van der Waals surface area contributed by atoms with Crippen molar-refractivity contribution in [3.05, 3.63) is 57.9 Å². The first-order chi connectivity index (χ1) is 12.4. The zero-order valence-electron chi connectivity index (χ0n) is 15.3. The molecule has 0 unspecified atom stereocenters. The second-order valence-corrected chi connectivity index (χ2v) is 7.27. The van der Waals surface area contributed by atoms with E-state index in [0.717, 1.165) is 29.8 Å². The van der Waals surface area contributed by atoms with E-state index in [0.29, 0.717) is 23.2 Å². The van der Waals surface area contributed by atoms with Crippen molar-refractivity contribution in [3.8, 4) is 0 Å². The maximum atomic E-state index is 12.4. The Balaban J connectivity index is 1.56. The van der Waals surface area contributed by atoms with Crippen molar-refractivity contribution in [2.75, 3.05) is 13.7 Å². The second kappa shape index (κ2) is 7.54. The number of likely N-dealkylation sites (N-methyl/N-ethyl adjacent to an activating group) is 1. The lowest BCUT2D eigenvalue weighted by Crippen LogP contribution is -2.30. The predicted molar refractivity (Wildman–Crippen MR) is 100 cm³/mol. The Morgan fingerprint density at radius 1 is 1.23 bits per heavy atom. The first-order valence-electron chi connectivity index (χ1n) is 8.70. The van der Waals surface area contributed by atoms with Gasteiger partial charge in [0.05, 0.1) is 5.56 Å². The number of ether oxygens (including phenoxy) is 1. The molecule has 6 heteroatoms. The van der Waals surface area contributed by atoms with Crippen molar-refractivity contribution in [1.29, 1.82) is 0 Å². The third kappa shape index (κ3) is 4.10. The van der Waals surface area contributed by atoms with Gasteiger partial charge in [0.2, 0.25) is 0 Å². The predicted octanol–water partition coefficient (Wildman–Crippen LogP) is 3.91. The van der Waals surface area contributed by atoms with Crippen LogP contribution in [0.1, 0.15) is 46.2 Å². The molecule has 3 rings (SSSR count). The van der Waals surface area contributed by atoms with E-state index >= 15 is 0 Å². The van der Waals surface area contributed by atoms with Gasteiger partial charge in [0.15, 0.2) is 6.61 Å². The highest BCUT2D eigenvalue weighted by molar-refractivity contribution is 6.30. The summed E-state index contributed by atoms with van der Waals surface area (Å²) in [4.78, 5) is 26.2. The van der Waals surface area contributed by atoms with E-state index < -0.39 is 5.97 Å². The van der Waals surface area contributed by atoms with Gasteiger partial charge in [-0.05, 0) is 50.5 Å². The van der Waals surface area contributed by atoms with Crippen molar-refractivity contribution in [3.63, 3.8) is 0 Å². The van der Waals surface area contributed by atoms with Crippen LogP contribution >= 0.6 is 11.6 Å². The van der Waals surface area contributed by atoms with Crippen LogP contribution < -0.4 is 0 Å². The smallest absolute Gasteiger partial charge is 0.340 e. The standard InChI is InChI=1S/C20H23ClN2O3/c1-13-10-18(14(2)23(13)17-8-9-17)20(25)26-12-19(24)22(3)11-15-4-6-16(21)7-5-15/h4-7,10,17H,8-9,11-12H2,1-3H3. The van der Waals surface area contributed by atoms with Gasteiger partial charge < -0.3 is 14.2 Å². The fourth-order valence-corrected chi connectivity index (χ4v) is 3.27.